The van der Waals surface area contributed by atoms with Gasteiger partial charge in [-0.1, -0.05) is 18.2 Å². The maximum absolute atomic E-state index is 11.7. The van der Waals surface area contributed by atoms with Gasteiger partial charge in [0.15, 0.2) is 0 Å². The van der Waals surface area contributed by atoms with Crippen molar-refractivity contribution in [1.29, 1.82) is 0 Å². The number of pyridine rings is 1. The van der Waals surface area contributed by atoms with Crippen LogP contribution < -0.4 is 11.1 Å². The fourth-order valence-corrected chi connectivity index (χ4v) is 1.92. The second kappa shape index (κ2) is 7.28. The van der Waals surface area contributed by atoms with E-state index in [-0.39, 0.29) is 5.91 Å². The number of nitrogens with two attached hydrogens (primary N) is 1. The van der Waals surface area contributed by atoms with Gasteiger partial charge >= 0.3 is 0 Å². The van der Waals surface area contributed by atoms with Crippen molar-refractivity contribution in [2.24, 2.45) is 0 Å². The van der Waals surface area contributed by atoms with Crippen LogP contribution >= 0.6 is 0 Å². The molecule has 0 saturated heterocycles. The van der Waals surface area contributed by atoms with E-state index in [1.54, 1.807) is 12.4 Å². The molecule has 0 bridgehead atoms. The van der Waals surface area contributed by atoms with Crippen molar-refractivity contribution in [2.75, 3.05) is 12.3 Å². The number of nitrogens with zero attached hydrogens (tertiary/aromatic N) is 1. The minimum absolute atomic E-state index is 0.0734. The molecule has 4 nitrogen and oxygen atoms in total. The molecule has 2 aromatic rings. The fraction of sp³-hybridized carbons (Fsp3) is 0.250. The Bertz CT molecular complexity index is 537. The largest absolute Gasteiger partial charge is 0.399 e. The first-order valence-electron chi connectivity index (χ1n) is 6.74. The number of hydrogen-bond donors (Lipinski definition) is 2. The molecule has 4 heteroatoms. The van der Waals surface area contributed by atoms with Crippen molar-refractivity contribution >= 4 is 11.6 Å². The van der Waals surface area contributed by atoms with Gasteiger partial charge in [0.1, 0.15) is 0 Å². The number of carbonyl (C=O) groups excluding carboxylic acids is 1. The summed E-state index contributed by atoms with van der Waals surface area (Å²) in [5.74, 6) is 0.0734. The molecule has 0 radical (unpaired) electrons. The third-order valence-corrected chi connectivity index (χ3v) is 3.08. The van der Waals surface area contributed by atoms with Crippen molar-refractivity contribution in [2.45, 2.75) is 19.3 Å². The zero-order valence-electron chi connectivity index (χ0n) is 11.4. The number of aryl methyl sites for hydroxylation is 1. The molecule has 2 rings (SSSR count). The van der Waals surface area contributed by atoms with E-state index < -0.39 is 0 Å². The highest BCUT2D eigenvalue weighted by atomic mass is 16.1. The molecule has 0 unspecified atom stereocenters. The number of aromatic nitrogens is 1. The van der Waals surface area contributed by atoms with Gasteiger partial charge in [-0.2, -0.15) is 0 Å². The van der Waals surface area contributed by atoms with Gasteiger partial charge in [0, 0.05) is 31.0 Å². The Morgan fingerprint density at radius 3 is 2.60 bits per heavy atom. The van der Waals surface area contributed by atoms with Gasteiger partial charge in [-0.3, -0.25) is 9.78 Å². The van der Waals surface area contributed by atoms with Crippen molar-refractivity contribution < 1.29 is 4.79 Å². The molecular formula is C16H19N3O. The minimum Gasteiger partial charge on any atom is -0.399 e. The first-order valence-corrected chi connectivity index (χ1v) is 6.74. The Morgan fingerprint density at radius 2 is 1.90 bits per heavy atom. The van der Waals surface area contributed by atoms with Crippen LogP contribution in [-0.2, 0) is 17.6 Å². The van der Waals surface area contributed by atoms with E-state index >= 15 is 0 Å². The summed E-state index contributed by atoms with van der Waals surface area (Å²) < 4.78 is 0. The lowest BCUT2D eigenvalue weighted by Gasteiger charge is -2.06. The molecule has 0 spiro atoms. The lowest BCUT2D eigenvalue weighted by molar-refractivity contribution is -0.121. The van der Waals surface area contributed by atoms with Gasteiger partial charge in [-0.05, 0) is 42.2 Å². The van der Waals surface area contributed by atoms with Crippen LogP contribution in [0, 0.1) is 0 Å². The van der Waals surface area contributed by atoms with E-state index in [1.165, 1.54) is 5.56 Å². The van der Waals surface area contributed by atoms with Crippen LogP contribution in [0.25, 0.3) is 0 Å². The Balaban J connectivity index is 1.66. The molecule has 1 amide bonds. The summed E-state index contributed by atoms with van der Waals surface area (Å²) in [5, 5.41) is 2.93. The number of carbonyl (C=O) groups is 1. The number of nitrogens with one attached hydrogen (secondary N) is 1. The van der Waals surface area contributed by atoms with Crippen LogP contribution in [-0.4, -0.2) is 17.4 Å². The average Bonchev–Trinajstić information content (AvgIpc) is 2.48. The van der Waals surface area contributed by atoms with Crippen LogP contribution in [0.4, 0.5) is 5.69 Å². The predicted molar refractivity (Wildman–Crippen MR) is 80.1 cm³/mol. The molecule has 3 N–H and O–H groups in total. The van der Waals surface area contributed by atoms with E-state index in [1.807, 2.05) is 36.4 Å². The average molecular weight is 269 g/mol. The lowest BCUT2D eigenvalue weighted by Crippen LogP contribution is -2.25. The summed E-state index contributed by atoms with van der Waals surface area (Å²) in [6, 6.07) is 11.6. The molecule has 0 aliphatic rings. The van der Waals surface area contributed by atoms with Crippen molar-refractivity contribution in [3.63, 3.8) is 0 Å². The number of hydrogen-bond acceptors (Lipinski definition) is 3. The second-order valence-corrected chi connectivity index (χ2v) is 4.70. The normalized spacial score (nSPS) is 10.2. The van der Waals surface area contributed by atoms with Gasteiger partial charge in [0.25, 0.3) is 0 Å². The van der Waals surface area contributed by atoms with E-state index in [9.17, 15) is 4.79 Å². The quantitative estimate of drug-likeness (QED) is 0.788. The molecule has 0 saturated carbocycles. The third kappa shape index (κ3) is 4.72. The molecule has 0 atom stereocenters. The van der Waals surface area contributed by atoms with Crippen LogP contribution in [0.3, 0.4) is 0 Å². The van der Waals surface area contributed by atoms with Crippen LogP contribution in [0.2, 0.25) is 0 Å². The monoisotopic (exact) mass is 269 g/mol. The van der Waals surface area contributed by atoms with E-state index in [0.717, 1.165) is 24.1 Å². The molecule has 0 aliphatic heterocycles. The minimum atomic E-state index is 0.0734. The van der Waals surface area contributed by atoms with Gasteiger partial charge in [-0.15, -0.1) is 0 Å². The molecule has 1 heterocycles. The molecule has 0 fully saturated rings. The van der Waals surface area contributed by atoms with Gasteiger partial charge in [0.05, 0.1) is 0 Å². The Hall–Kier alpha value is -2.36. The molecule has 20 heavy (non-hydrogen) atoms. The van der Waals surface area contributed by atoms with Crippen LogP contribution in [0.1, 0.15) is 17.5 Å². The zero-order valence-corrected chi connectivity index (χ0v) is 11.4. The first-order chi connectivity index (χ1) is 9.74. The van der Waals surface area contributed by atoms with E-state index in [0.29, 0.717) is 13.0 Å². The molecule has 0 aliphatic carbocycles. The topological polar surface area (TPSA) is 68.0 Å². The third-order valence-electron chi connectivity index (χ3n) is 3.08. The maximum atomic E-state index is 11.7. The Kier molecular flexibility index (Phi) is 5.12. The molecular weight excluding hydrogens is 250 g/mol. The Labute approximate surface area is 119 Å². The first kappa shape index (κ1) is 14.1. The van der Waals surface area contributed by atoms with Crippen LogP contribution in [0.15, 0.2) is 48.8 Å². The number of amides is 1. The molecule has 104 valence electrons. The van der Waals surface area contributed by atoms with Crippen molar-refractivity contribution in [1.82, 2.24) is 10.3 Å². The Morgan fingerprint density at radius 1 is 1.10 bits per heavy atom. The summed E-state index contributed by atoms with van der Waals surface area (Å²) >= 11 is 0. The van der Waals surface area contributed by atoms with Gasteiger partial charge in [0.2, 0.25) is 5.91 Å². The smallest absolute Gasteiger partial charge is 0.220 e. The fourth-order valence-electron chi connectivity index (χ4n) is 1.92. The number of nitrogen functional groups attached to an aromatic ring is 1. The summed E-state index contributed by atoms with van der Waals surface area (Å²) in [4.78, 5) is 15.7. The van der Waals surface area contributed by atoms with Crippen LogP contribution in [0.5, 0.6) is 0 Å². The number of benzene rings is 1. The second-order valence-electron chi connectivity index (χ2n) is 4.70. The lowest BCUT2D eigenvalue weighted by atomic mass is 10.1. The molecule has 1 aromatic carbocycles. The predicted octanol–water partition coefficient (Wildman–Crippen LogP) is 1.96. The maximum Gasteiger partial charge on any atom is 0.220 e. The van der Waals surface area contributed by atoms with Gasteiger partial charge < -0.3 is 11.1 Å². The van der Waals surface area contributed by atoms with Gasteiger partial charge in [-0.25, -0.2) is 0 Å². The highest BCUT2D eigenvalue weighted by Crippen LogP contribution is 2.05. The van der Waals surface area contributed by atoms with E-state index in [2.05, 4.69) is 10.3 Å². The summed E-state index contributed by atoms with van der Waals surface area (Å²) in [5.41, 5.74) is 8.64. The summed E-state index contributed by atoms with van der Waals surface area (Å²) in [7, 11) is 0. The SMILES string of the molecule is Nc1ccc(CCNC(=O)CCc2cccnc2)cc1. The van der Waals surface area contributed by atoms with Crippen molar-refractivity contribution in [3.8, 4) is 0 Å². The summed E-state index contributed by atoms with van der Waals surface area (Å²) in [6.07, 6.45) is 5.56. The molecule has 1 aromatic heterocycles. The number of anilines is 1. The van der Waals surface area contributed by atoms with E-state index in [4.69, 9.17) is 5.73 Å². The number of rotatable bonds is 6. The standard InChI is InChI=1S/C16H19N3O/c17-15-6-3-13(4-7-15)9-11-19-16(20)8-5-14-2-1-10-18-12-14/h1-4,6-7,10,12H,5,8-9,11,17H2,(H,19,20). The highest BCUT2D eigenvalue weighted by molar-refractivity contribution is 5.76. The highest BCUT2D eigenvalue weighted by Gasteiger charge is 2.02. The summed E-state index contributed by atoms with van der Waals surface area (Å²) in [6.45, 7) is 0.649. The zero-order chi connectivity index (χ0) is 14.2. The van der Waals surface area contributed by atoms with Crippen molar-refractivity contribution in [3.05, 3.63) is 59.9 Å².